The lowest BCUT2D eigenvalue weighted by Crippen LogP contribution is -2.24. The highest BCUT2D eigenvalue weighted by molar-refractivity contribution is 5.99. The molecule has 32 heavy (non-hydrogen) atoms. The Kier molecular flexibility index (Phi) is 6.42. The van der Waals surface area contributed by atoms with Crippen molar-refractivity contribution in [3.8, 4) is 0 Å². The zero-order valence-electron chi connectivity index (χ0n) is 16.3. The molecule has 2 aromatic carbocycles. The molecule has 0 radical (unpaired) electrons. The molecule has 9 nitrogen and oxygen atoms in total. The van der Waals surface area contributed by atoms with E-state index in [4.69, 9.17) is 4.74 Å². The Hall–Kier alpha value is -3.96. The summed E-state index contributed by atoms with van der Waals surface area (Å²) >= 11 is 0. The number of esters is 1. The molecule has 12 heteroatoms. The quantitative estimate of drug-likeness (QED) is 0.408. The van der Waals surface area contributed by atoms with E-state index in [2.05, 4.69) is 5.32 Å². The second kappa shape index (κ2) is 9.04. The van der Waals surface area contributed by atoms with Crippen molar-refractivity contribution in [3.05, 3.63) is 63.7 Å². The fourth-order valence-electron chi connectivity index (χ4n) is 3.09. The number of rotatable bonds is 6. The van der Waals surface area contributed by atoms with Gasteiger partial charge in [0.05, 0.1) is 16.1 Å². The van der Waals surface area contributed by atoms with Crippen molar-refractivity contribution < 1.29 is 37.2 Å². The van der Waals surface area contributed by atoms with Crippen LogP contribution in [0.2, 0.25) is 0 Å². The van der Waals surface area contributed by atoms with Crippen molar-refractivity contribution >= 4 is 34.8 Å². The fourth-order valence-corrected chi connectivity index (χ4v) is 3.09. The molecule has 1 saturated heterocycles. The highest BCUT2D eigenvalue weighted by atomic mass is 19.4. The predicted molar refractivity (Wildman–Crippen MR) is 105 cm³/mol. The van der Waals surface area contributed by atoms with Gasteiger partial charge in [0.25, 0.3) is 11.6 Å². The van der Waals surface area contributed by atoms with E-state index in [1.807, 2.05) is 0 Å². The van der Waals surface area contributed by atoms with Crippen LogP contribution in [0.1, 0.15) is 28.8 Å². The van der Waals surface area contributed by atoms with Gasteiger partial charge in [-0.2, -0.15) is 13.2 Å². The van der Waals surface area contributed by atoms with Crippen molar-refractivity contribution in [2.45, 2.75) is 19.0 Å². The van der Waals surface area contributed by atoms with E-state index in [-0.39, 0.29) is 11.5 Å². The minimum atomic E-state index is -4.79. The van der Waals surface area contributed by atoms with E-state index in [9.17, 15) is 37.7 Å². The molecule has 2 aromatic rings. The largest absolute Gasteiger partial charge is 0.452 e. The van der Waals surface area contributed by atoms with E-state index >= 15 is 0 Å². The summed E-state index contributed by atoms with van der Waals surface area (Å²) in [4.78, 5) is 47.6. The Morgan fingerprint density at radius 1 is 1.19 bits per heavy atom. The van der Waals surface area contributed by atoms with Crippen LogP contribution < -0.4 is 10.2 Å². The molecule has 3 rings (SSSR count). The molecule has 1 heterocycles. The number of carbonyl (C=O) groups excluding carboxylic acids is 3. The number of benzene rings is 2. The molecule has 1 fully saturated rings. The number of carbonyl (C=O) groups is 3. The van der Waals surface area contributed by atoms with Crippen LogP contribution in [0.25, 0.3) is 0 Å². The van der Waals surface area contributed by atoms with Crippen molar-refractivity contribution in [3.63, 3.8) is 0 Å². The van der Waals surface area contributed by atoms with Gasteiger partial charge >= 0.3 is 12.1 Å². The Balaban J connectivity index is 1.65. The molecule has 0 spiro atoms. The molecule has 1 N–H and O–H groups in total. The van der Waals surface area contributed by atoms with Crippen LogP contribution in [-0.2, 0) is 20.5 Å². The van der Waals surface area contributed by atoms with Gasteiger partial charge in [0.15, 0.2) is 6.61 Å². The van der Waals surface area contributed by atoms with Gasteiger partial charge in [0.1, 0.15) is 5.69 Å². The van der Waals surface area contributed by atoms with Gasteiger partial charge in [0.2, 0.25) is 5.91 Å². The first-order valence-electron chi connectivity index (χ1n) is 9.29. The highest BCUT2D eigenvalue weighted by Crippen LogP contribution is 2.35. The molecule has 0 saturated carbocycles. The molecule has 0 bridgehead atoms. The van der Waals surface area contributed by atoms with E-state index in [0.29, 0.717) is 37.2 Å². The molecule has 0 unspecified atom stereocenters. The first kappa shape index (κ1) is 22.7. The van der Waals surface area contributed by atoms with Crippen LogP contribution in [0.5, 0.6) is 0 Å². The van der Waals surface area contributed by atoms with Gasteiger partial charge in [-0.1, -0.05) is 6.07 Å². The zero-order chi connectivity index (χ0) is 23.5. The number of nitrogens with one attached hydrogen (secondary N) is 1. The van der Waals surface area contributed by atoms with Gasteiger partial charge in [-0.05, 0) is 36.8 Å². The number of alkyl halides is 3. The standard InChI is InChI=1S/C20H16F3N3O6/c21-20(22,23)13-6-7-15(16(10-13)26(30)31)24-17(27)11-32-19(29)12-3-1-4-14(9-12)25-8-2-5-18(25)28/h1,3-4,6-7,9-10H,2,5,8,11H2,(H,24,27). The Bertz CT molecular complexity index is 1090. The number of nitro benzene ring substituents is 1. The van der Waals surface area contributed by atoms with E-state index in [1.165, 1.54) is 17.0 Å². The molecule has 2 amide bonds. The third-order valence-electron chi connectivity index (χ3n) is 4.60. The monoisotopic (exact) mass is 451 g/mol. The number of ether oxygens (including phenoxy) is 1. The van der Waals surface area contributed by atoms with Gasteiger partial charge < -0.3 is 15.0 Å². The zero-order valence-corrected chi connectivity index (χ0v) is 16.3. The lowest BCUT2D eigenvalue weighted by atomic mass is 10.1. The van der Waals surface area contributed by atoms with Crippen LogP contribution in [0.3, 0.4) is 0 Å². The summed E-state index contributed by atoms with van der Waals surface area (Å²) in [6.45, 7) is -0.310. The number of anilines is 2. The SMILES string of the molecule is O=C(COC(=O)c1cccc(N2CCCC2=O)c1)Nc1ccc(C(F)(F)F)cc1[N+](=O)[O-]. The minimum absolute atomic E-state index is 0.0759. The number of amides is 2. The number of hydrogen-bond donors (Lipinski definition) is 1. The second-order valence-corrected chi connectivity index (χ2v) is 6.81. The van der Waals surface area contributed by atoms with Crippen LogP contribution in [0.4, 0.5) is 30.2 Å². The molecule has 168 valence electrons. The fraction of sp³-hybridized carbons (Fsp3) is 0.250. The van der Waals surface area contributed by atoms with Crippen LogP contribution in [0.15, 0.2) is 42.5 Å². The maximum Gasteiger partial charge on any atom is 0.416 e. The number of nitrogens with zero attached hydrogens (tertiary/aromatic N) is 2. The van der Waals surface area contributed by atoms with Gasteiger partial charge in [-0.3, -0.25) is 19.7 Å². The molecule has 0 aliphatic carbocycles. The summed E-state index contributed by atoms with van der Waals surface area (Å²) in [6, 6.07) is 7.68. The number of hydrogen-bond acceptors (Lipinski definition) is 6. The van der Waals surface area contributed by atoms with Crippen molar-refractivity contribution in [2.75, 3.05) is 23.4 Å². The van der Waals surface area contributed by atoms with Gasteiger partial charge in [-0.15, -0.1) is 0 Å². The molecular weight excluding hydrogens is 435 g/mol. The van der Waals surface area contributed by atoms with Gasteiger partial charge in [0, 0.05) is 24.7 Å². The second-order valence-electron chi connectivity index (χ2n) is 6.81. The average Bonchev–Trinajstić information content (AvgIpc) is 3.17. The van der Waals surface area contributed by atoms with Crippen molar-refractivity contribution in [1.82, 2.24) is 0 Å². The Morgan fingerprint density at radius 3 is 2.56 bits per heavy atom. The summed E-state index contributed by atoms with van der Waals surface area (Å²) < 4.78 is 43.1. The lowest BCUT2D eigenvalue weighted by molar-refractivity contribution is -0.384. The summed E-state index contributed by atoms with van der Waals surface area (Å²) in [7, 11) is 0. The summed E-state index contributed by atoms with van der Waals surface area (Å²) in [5.74, 6) is -1.93. The third-order valence-corrected chi connectivity index (χ3v) is 4.60. The molecule has 1 aliphatic heterocycles. The first-order chi connectivity index (χ1) is 15.1. The Morgan fingerprint density at radius 2 is 1.94 bits per heavy atom. The summed E-state index contributed by atoms with van der Waals surface area (Å²) in [5, 5.41) is 13.1. The predicted octanol–water partition coefficient (Wildman–Crippen LogP) is 3.54. The van der Waals surface area contributed by atoms with Crippen molar-refractivity contribution in [1.29, 1.82) is 0 Å². The maximum atomic E-state index is 12.8. The van der Waals surface area contributed by atoms with E-state index < -0.39 is 46.5 Å². The van der Waals surface area contributed by atoms with E-state index in [1.54, 1.807) is 12.1 Å². The molecule has 0 aromatic heterocycles. The van der Waals surface area contributed by atoms with Crippen molar-refractivity contribution in [2.24, 2.45) is 0 Å². The topological polar surface area (TPSA) is 119 Å². The van der Waals surface area contributed by atoms with Gasteiger partial charge in [-0.25, -0.2) is 4.79 Å². The third kappa shape index (κ3) is 5.20. The smallest absolute Gasteiger partial charge is 0.416 e. The van der Waals surface area contributed by atoms with Crippen LogP contribution >= 0.6 is 0 Å². The van der Waals surface area contributed by atoms with Crippen LogP contribution in [-0.4, -0.2) is 35.9 Å². The minimum Gasteiger partial charge on any atom is -0.452 e. The number of nitro groups is 1. The number of halogens is 3. The molecule has 1 aliphatic rings. The first-order valence-corrected chi connectivity index (χ1v) is 9.29. The summed E-state index contributed by atoms with van der Waals surface area (Å²) in [6.07, 6.45) is -3.69. The Labute approximate surface area is 178 Å². The molecular formula is C20H16F3N3O6. The average molecular weight is 451 g/mol. The van der Waals surface area contributed by atoms with E-state index in [0.717, 1.165) is 6.07 Å². The summed E-state index contributed by atoms with van der Waals surface area (Å²) in [5.41, 5.74) is -2.09. The van der Waals surface area contributed by atoms with Crippen LogP contribution in [0, 0.1) is 10.1 Å². The lowest BCUT2D eigenvalue weighted by Gasteiger charge is -2.16. The molecule has 0 atom stereocenters. The maximum absolute atomic E-state index is 12.8. The normalized spacial score (nSPS) is 13.7. The highest BCUT2D eigenvalue weighted by Gasteiger charge is 2.33.